The first kappa shape index (κ1) is 36.4. The van der Waals surface area contributed by atoms with Gasteiger partial charge in [-0.25, -0.2) is 19.3 Å². The Hall–Kier alpha value is -4.42. The van der Waals surface area contributed by atoms with E-state index in [1.54, 1.807) is 4.90 Å². The number of rotatable bonds is 11. The molecule has 4 aromatic rings. The van der Waals surface area contributed by atoms with Gasteiger partial charge in [0.05, 0.1) is 17.1 Å². The predicted octanol–water partition coefficient (Wildman–Crippen LogP) is 8.01. The average Bonchev–Trinajstić information content (AvgIpc) is 3.49. The predicted molar refractivity (Wildman–Crippen MR) is 202 cm³/mol. The molecule has 3 amide bonds. The number of hydrogen-bond donors (Lipinski definition) is 1. The molecule has 0 spiro atoms. The van der Waals surface area contributed by atoms with E-state index in [-0.39, 0.29) is 30.7 Å². The number of fused-ring (bicyclic) bond motifs is 2. The van der Waals surface area contributed by atoms with Crippen LogP contribution in [0.25, 0.3) is 10.9 Å². The fraction of sp³-hybridized carbons (Fsp3) is 0.487. The van der Waals surface area contributed by atoms with E-state index in [2.05, 4.69) is 44.0 Å². The summed E-state index contributed by atoms with van der Waals surface area (Å²) in [6.45, 7) is 17.9. The summed E-state index contributed by atoms with van der Waals surface area (Å²) in [5, 5.41) is 8.81. The van der Waals surface area contributed by atoms with Crippen LogP contribution >= 0.6 is 0 Å². The van der Waals surface area contributed by atoms with E-state index >= 15 is 0 Å². The summed E-state index contributed by atoms with van der Waals surface area (Å²) in [7, 11) is -1.18. The van der Waals surface area contributed by atoms with Crippen molar-refractivity contribution >= 4 is 36.8 Å². The molecule has 1 fully saturated rings. The molecule has 12 heteroatoms. The van der Waals surface area contributed by atoms with Crippen LogP contribution in [0.2, 0.25) is 25.7 Å². The minimum atomic E-state index is -1.18. The third kappa shape index (κ3) is 9.28. The summed E-state index contributed by atoms with van der Waals surface area (Å²) in [4.78, 5) is 35.0. The highest BCUT2D eigenvalue weighted by molar-refractivity contribution is 6.76. The van der Waals surface area contributed by atoms with Crippen molar-refractivity contribution in [3.8, 4) is 5.88 Å². The van der Waals surface area contributed by atoms with Gasteiger partial charge < -0.3 is 29.3 Å². The highest BCUT2D eigenvalue weighted by atomic mass is 28.3. The summed E-state index contributed by atoms with van der Waals surface area (Å²) in [5.41, 5.74) is 5.21. The van der Waals surface area contributed by atoms with E-state index in [9.17, 15) is 9.59 Å². The molecule has 1 unspecified atom stereocenters. The highest BCUT2D eigenvalue weighted by Gasteiger charge is 2.33. The molecule has 0 saturated carbocycles. The van der Waals surface area contributed by atoms with E-state index in [0.29, 0.717) is 45.1 Å². The van der Waals surface area contributed by atoms with Gasteiger partial charge in [-0.05, 0) is 81.5 Å². The van der Waals surface area contributed by atoms with Crippen LogP contribution in [0.15, 0.2) is 60.8 Å². The molecule has 2 aliphatic heterocycles. The van der Waals surface area contributed by atoms with Crippen LogP contribution in [0, 0.1) is 6.92 Å². The van der Waals surface area contributed by atoms with Gasteiger partial charge >= 0.3 is 12.1 Å². The molecule has 0 aliphatic carbocycles. The van der Waals surface area contributed by atoms with Crippen LogP contribution < -0.4 is 10.1 Å². The molecular formula is C39H52N6O5Si. The zero-order valence-corrected chi connectivity index (χ0v) is 32.1. The second-order valence-electron chi connectivity index (χ2n) is 16.0. The van der Waals surface area contributed by atoms with Gasteiger partial charge in [0.25, 0.3) is 0 Å². The lowest BCUT2D eigenvalue weighted by Gasteiger charge is -2.40. The Morgan fingerprint density at radius 2 is 1.82 bits per heavy atom. The number of carbonyl (C=O) groups excluding carboxylic acids is 2. The number of anilines is 1. The number of para-hydroxylation sites is 1. The Balaban J connectivity index is 1.16. The lowest BCUT2D eigenvalue weighted by Crippen LogP contribution is -2.51. The first-order chi connectivity index (χ1) is 24.2. The molecule has 4 heterocycles. The normalized spacial score (nSPS) is 16.2. The summed E-state index contributed by atoms with van der Waals surface area (Å²) in [6.07, 6.45) is 3.02. The molecule has 0 radical (unpaired) electrons. The largest absolute Gasteiger partial charge is 0.472 e. The Labute approximate surface area is 302 Å². The smallest absolute Gasteiger partial charge is 0.409 e. The van der Waals surface area contributed by atoms with Gasteiger partial charge in [0.15, 0.2) is 0 Å². The second kappa shape index (κ2) is 15.0. The monoisotopic (exact) mass is 712 g/mol. The van der Waals surface area contributed by atoms with Gasteiger partial charge in [-0.2, -0.15) is 5.10 Å². The fourth-order valence-electron chi connectivity index (χ4n) is 6.66. The van der Waals surface area contributed by atoms with E-state index in [1.807, 2.05) is 79.0 Å². The summed E-state index contributed by atoms with van der Waals surface area (Å²) in [5.74, 6) is 0.176. The molecule has 2 aromatic heterocycles. The number of benzene rings is 2. The van der Waals surface area contributed by atoms with Gasteiger partial charge in [0, 0.05) is 63.7 Å². The van der Waals surface area contributed by atoms with Crippen molar-refractivity contribution in [2.24, 2.45) is 0 Å². The van der Waals surface area contributed by atoms with Crippen LogP contribution in [-0.4, -0.2) is 82.7 Å². The topological polar surface area (TPSA) is 111 Å². The van der Waals surface area contributed by atoms with Crippen molar-refractivity contribution in [2.75, 3.05) is 31.6 Å². The lowest BCUT2D eigenvalue weighted by atomic mass is 9.93. The highest BCUT2D eigenvalue weighted by Crippen LogP contribution is 2.32. The van der Waals surface area contributed by atoms with Crippen LogP contribution in [-0.2, 0) is 22.7 Å². The third-order valence-corrected chi connectivity index (χ3v) is 11.1. The molecule has 11 nitrogen and oxygen atoms in total. The van der Waals surface area contributed by atoms with Crippen molar-refractivity contribution in [1.29, 1.82) is 0 Å². The number of ether oxygens (including phenoxy) is 3. The quantitative estimate of drug-likeness (QED) is 0.124. The molecule has 1 atom stereocenters. The molecular weight excluding hydrogens is 661 g/mol. The van der Waals surface area contributed by atoms with E-state index in [0.717, 1.165) is 51.6 Å². The zero-order chi connectivity index (χ0) is 36.3. The lowest BCUT2D eigenvalue weighted by molar-refractivity contribution is 0.0759. The van der Waals surface area contributed by atoms with E-state index < -0.39 is 13.7 Å². The second-order valence-corrected chi connectivity index (χ2v) is 21.6. The Morgan fingerprint density at radius 1 is 1.06 bits per heavy atom. The van der Waals surface area contributed by atoms with Gasteiger partial charge in [-0.3, -0.25) is 0 Å². The number of aromatic nitrogens is 3. The number of piperidine rings is 1. The number of carbonyl (C=O) groups is 2. The number of likely N-dealkylation sites (tertiary alicyclic amines) is 1. The molecule has 2 aliphatic rings. The maximum Gasteiger partial charge on any atom is 0.409 e. The van der Waals surface area contributed by atoms with Crippen molar-refractivity contribution in [1.82, 2.24) is 24.6 Å². The number of nitrogens with one attached hydrogen (secondary N) is 1. The van der Waals surface area contributed by atoms with Crippen molar-refractivity contribution in [3.63, 3.8) is 0 Å². The van der Waals surface area contributed by atoms with Crippen molar-refractivity contribution < 1.29 is 23.8 Å². The average molecular weight is 713 g/mol. The minimum Gasteiger partial charge on any atom is -0.472 e. The molecule has 2 aromatic carbocycles. The first-order valence-electron chi connectivity index (χ1n) is 18.0. The molecule has 51 heavy (non-hydrogen) atoms. The molecule has 1 N–H and O–H groups in total. The summed E-state index contributed by atoms with van der Waals surface area (Å²) in [6, 6.07) is 18.9. The zero-order valence-electron chi connectivity index (χ0n) is 31.1. The molecule has 6 rings (SSSR count). The Kier molecular flexibility index (Phi) is 10.7. The van der Waals surface area contributed by atoms with Crippen molar-refractivity contribution in [2.45, 2.75) is 97.1 Å². The van der Waals surface area contributed by atoms with Gasteiger partial charge in [0.1, 0.15) is 18.9 Å². The molecule has 1 saturated heterocycles. The first-order valence-corrected chi connectivity index (χ1v) is 21.7. The van der Waals surface area contributed by atoms with Gasteiger partial charge in [-0.15, -0.1) is 0 Å². The maximum atomic E-state index is 13.5. The van der Waals surface area contributed by atoms with Crippen LogP contribution in [0.3, 0.4) is 0 Å². The van der Waals surface area contributed by atoms with Crippen molar-refractivity contribution in [3.05, 3.63) is 83.2 Å². The number of hydrogen-bond acceptors (Lipinski definition) is 7. The number of urea groups is 1. The molecule has 272 valence electrons. The van der Waals surface area contributed by atoms with Crippen LogP contribution in [0.1, 0.15) is 61.9 Å². The number of amides is 3. The van der Waals surface area contributed by atoms with E-state index in [1.165, 1.54) is 0 Å². The number of aryl methyl sites for hydroxylation is 1. The van der Waals surface area contributed by atoms with Gasteiger partial charge in [-0.1, -0.05) is 50.0 Å². The minimum absolute atomic E-state index is 0.0475. The number of pyridine rings is 1. The maximum absolute atomic E-state index is 13.5. The third-order valence-electron chi connectivity index (χ3n) is 9.40. The fourth-order valence-corrected chi connectivity index (χ4v) is 7.42. The van der Waals surface area contributed by atoms with Gasteiger partial charge in [0.2, 0.25) is 5.88 Å². The van der Waals surface area contributed by atoms with Crippen LogP contribution in [0.5, 0.6) is 5.88 Å². The SMILES string of the molecule is Cc1cc(C(COC(=O)N2CCC(N3Cc4ccccc4NC3=O)CC2)c2cccc(OC(C)(C)C)n2)cc2cn(COCC[Si](C)(C)C)nc12. The number of nitrogens with zero attached hydrogens (tertiary/aromatic N) is 5. The summed E-state index contributed by atoms with van der Waals surface area (Å²) < 4.78 is 20.0. The Bertz CT molecular complexity index is 1860. The molecule has 0 bridgehead atoms. The van der Waals surface area contributed by atoms with E-state index in [4.69, 9.17) is 24.3 Å². The standard InChI is InChI=1S/C39H52N6O5Si/c1-27-21-29(22-30-23-44(42-36(27)30)26-48-19-20-51(5,6)7)32(34-13-10-14-35(40-34)50-39(2,3)4)25-49-38(47)43-17-15-31(16-18-43)45-24-28-11-8-9-12-33(28)41-37(45)46/h8-14,21-23,31-32H,15-20,24-26H2,1-7H3,(H,41,46). The van der Waals surface area contributed by atoms with Crippen LogP contribution in [0.4, 0.5) is 15.3 Å². The Morgan fingerprint density at radius 3 is 2.57 bits per heavy atom. The summed E-state index contributed by atoms with van der Waals surface area (Å²) >= 11 is 0.